The van der Waals surface area contributed by atoms with E-state index in [2.05, 4.69) is 48.1 Å². The minimum Gasteiger partial charge on any atom is -0.457 e. The van der Waals surface area contributed by atoms with E-state index in [0.29, 0.717) is 49.2 Å². The number of carbonyl (C=O) groups excluding carboxylic acids is 10. The van der Waals surface area contributed by atoms with Crippen molar-refractivity contribution in [3.05, 3.63) is 77.9 Å². The first kappa shape index (κ1) is 67.4. The summed E-state index contributed by atoms with van der Waals surface area (Å²) in [6.07, 6.45) is 15.2. The van der Waals surface area contributed by atoms with Crippen molar-refractivity contribution in [2.45, 2.75) is 187 Å². The molecule has 5 rings (SSSR count). The summed E-state index contributed by atoms with van der Waals surface area (Å²) in [4.78, 5) is 131. The number of rotatable bonds is 26. The number of aliphatic hydroxyl groups is 1. The molecule has 4 aliphatic rings. The summed E-state index contributed by atoms with van der Waals surface area (Å²) >= 11 is 0. The monoisotopic (exact) mass is 1170 g/mol. The number of nitrogens with two attached hydrogens (primary N) is 1. The van der Waals surface area contributed by atoms with Crippen molar-refractivity contribution in [2.75, 3.05) is 38.0 Å². The van der Waals surface area contributed by atoms with Crippen LogP contribution in [0.2, 0.25) is 0 Å². The summed E-state index contributed by atoms with van der Waals surface area (Å²) < 4.78 is 23.6. The van der Waals surface area contributed by atoms with Crippen LogP contribution in [0.15, 0.2) is 72.4 Å². The number of nitrogens with zero attached hydrogens (tertiary/aromatic N) is 3. The zero-order valence-electron chi connectivity index (χ0n) is 49.9. The van der Waals surface area contributed by atoms with Gasteiger partial charge >= 0.3 is 18.2 Å². The lowest BCUT2D eigenvalue weighted by Gasteiger charge is -2.37. The van der Waals surface area contributed by atoms with E-state index in [0.717, 1.165) is 29.7 Å². The zero-order chi connectivity index (χ0) is 61.7. The number of cyclic esters (lactones) is 1. The quantitative estimate of drug-likeness (QED) is 0.0129. The molecule has 0 spiro atoms. The van der Waals surface area contributed by atoms with Crippen LogP contribution >= 0.6 is 0 Å². The number of benzene rings is 1. The van der Waals surface area contributed by atoms with Gasteiger partial charge in [0.25, 0.3) is 11.8 Å². The van der Waals surface area contributed by atoms with Gasteiger partial charge < -0.3 is 60.9 Å². The van der Waals surface area contributed by atoms with Crippen LogP contribution in [-0.2, 0) is 63.9 Å². The Morgan fingerprint density at radius 2 is 1.51 bits per heavy atom. The minimum absolute atomic E-state index is 0.0867. The maximum atomic E-state index is 13.6. The molecule has 0 saturated carbocycles. The Morgan fingerprint density at radius 1 is 0.869 bits per heavy atom. The Hall–Kier alpha value is -7.40. The molecule has 2 fully saturated rings. The second-order valence-electron chi connectivity index (χ2n) is 23.0. The van der Waals surface area contributed by atoms with E-state index in [1.165, 1.54) is 47.9 Å². The lowest BCUT2D eigenvalue weighted by Crippen LogP contribution is -2.55. The first-order valence-electron chi connectivity index (χ1n) is 29.4. The number of epoxide rings is 1. The average Bonchev–Trinajstić information content (AvgIpc) is 3.83. The number of piperazine rings is 1. The van der Waals surface area contributed by atoms with Crippen LogP contribution in [0.5, 0.6) is 0 Å². The molecule has 0 unspecified atom stereocenters. The maximum absolute atomic E-state index is 13.6. The minimum atomic E-state index is -1.42. The fraction of sp³-hybridized carbons (Fsp3) is 0.607. The zero-order valence-corrected chi connectivity index (χ0v) is 49.9. The highest BCUT2D eigenvalue weighted by Gasteiger charge is 2.42. The normalized spacial score (nSPS) is 24.3. The number of hydrogen-bond donors (Lipinski definition) is 6. The van der Waals surface area contributed by atoms with Crippen molar-refractivity contribution >= 4 is 65.2 Å². The predicted octanol–water partition coefficient (Wildman–Crippen LogP) is 5.40. The lowest BCUT2D eigenvalue weighted by atomic mass is 9.90. The molecule has 1 aromatic carbocycles. The van der Waals surface area contributed by atoms with E-state index < -0.39 is 90.0 Å². The number of primary amides is 1. The first-order valence-corrected chi connectivity index (χ1v) is 29.4. The fourth-order valence-corrected chi connectivity index (χ4v) is 10.2. The Bertz CT molecular complexity index is 2600. The van der Waals surface area contributed by atoms with Crippen LogP contribution in [-0.4, -0.2) is 160 Å². The van der Waals surface area contributed by atoms with Crippen LogP contribution < -0.4 is 27.0 Å². The summed E-state index contributed by atoms with van der Waals surface area (Å²) in [5.74, 6) is -4.19. The highest BCUT2D eigenvalue weighted by Crippen LogP contribution is 2.36. The second kappa shape index (κ2) is 32.6. The van der Waals surface area contributed by atoms with Crippen LogP contribution in [0, 0.1) is 17.8 Å². The highest BCUT2D eigenvalue weighted by molar-refractivity contribution is 6.12. The fourth-order valence-electron chi connectivity index (χ4n) is 10.2. The van der Waals surface area contributed by atoms with Crippen LogP contribution in [0.3, 0.4) is 0 Å². The van der Waals surface area contributed by atoms with Crippen molar-refractivity contribution in [1.29, 1.82) is 0 Å². The molecule has 9 amide bonds. The summed E-state index contributed by atoms with van der Waals surface area (Å²) in [5.41, 5.74) is 6.10. The molecule has 1 aromatic rings. The van der Waals surface area contributed by atoms with E-state index in [1.807, 2.05) is 38.2 Å². The number of carbonyl (C=O) groups is 10. The number of imide groups is 1. The molecule has 0 bridgehead atoms. The highest BCUT2D eigenvalue weighted by atomic mass is 16.6. The molecular weight excluding hydrogens is 1080 g/mol. The number of unbranched alkanes of at least 4 members (excludes halogenated alkanes) is 2. The number of anilines is 1. The number of allylic oxidation sites excluding steroid dienone is 3. The van der Waals surface area contributed by atoms with E-state index in [1.54, 1.807) is 19.1 Å². The van der Waals surface area contributed by atoms with Gasteiger partial charge in [0.15, 0.2) is 0 Å². The third kappa shape index (κ3) is 22.0. The van der Waals surface area contributed by atoms with Crippen LogP contribution in [0.25, 0.3) is 0 Å². The molecule has 0 aliphatic carbocycles. The predicted molar refractivity (Wildman–Crippen MR) is 311 cm³/mol. The van der Waals surface area contributed by atoms with Crippen molar-refractivity contribution < 1.29 is 72.0 Å². The number of aliphatic hydroxyl groups excluding tert-OH is 1. The Balaban J connectivity index is 1.02. The Morgan fingerprint density at radius 3 is 2.17 bits per heavy atom. The number of ether oxygens (including phenoxy) is 4. The van der Waals surface area contributed by atoms with Crippen molar-refractivity contribution in [1.82, 2.24) is 30.7 Å². The number of nitrogens with one attached hydrogen (secondary N) is 4. The summed E-state index contributed by atoms with van der Waals surface area (Å²) in [6.45, 7) is 15.9. The molecule has 23 nitrogen and oxygen atoms in total. The van der Waals surface area contributed by atoms with Gasteiger partial charge in [-0.2, -0.15) is 0 Å². The average molecular weight is 1170 g/mol. The lowest BCUT2D eigenvalue weighted by molar-refractivity contribution is -0.151. The van der Waals surface area contributed by atoms with Gasteiger partial charge in [0.2, 0.25) is 29.5 Å². The van der Waals surface area contributed by atoms with Crippen molar-refractivity contribution in [3.63, 3.8) is 0 Å². The van der Waals surface area contributed by atoms with Crippen LogP contribution in [0.4, 0.5) is 15.3 Å². The van der Waals surface area contributed by atoms with E-state index in [-0.39, 0.29) is 94.5 Å². The summed E-state index contributed by atoms with van der Waals surface area (Å²) in [6, 6.07) is 2.63. The van der Waals surface area contributed by atoms with E-state index in [4.69, 9.17) is 24.7 Å². The van der Waals surface area contributed by atoms with E-state index in [9.17, 15) is 53.1 Å². The van der Waals surface area contributed by atoms with Gasteiger partial charge in [0, 0.05) is 69.3 Å². The molecule has 0 aromatic heterocycles. The van der Waals surface area contributed by atoms with Crippen molar-refractivity contribution in [3.8, 4) is 0 Å². The van der Waals surface area contributed by atoms with Gasteiger partial charge in [-0.25, -0.2) is 9.59 Å². The molecule has 462 valence electrons. The second-order valence-corrected chi connectivity index (χ2v) is 23.0. The SMILES string of the molecule is CCC[C@@H](C)[C@H]1O[C@@H]1C[C@H](C)/C=C/C=C(\C)[C@H]1OC(=O)C[C@H](O)CC[C@@](C)(OC(=O)N2CCN(C(=O)OCc3ccc(NC(=O)[C@H](CC(N)=O)NC(=O)[C@H](C)NC(=O)[C@H](C)NC(=O)CCCCCN4C(=O)C=CC4=O)cc3)CC2)C/C=C/[C@@H]1C. The maximum Gasteiger partial charge on any atom is 0.410 e. The van der Waals surface area contributed by atoms with Gasteiger partial charge in [-0.3, -0.25) is 43.3 Å². The Kier molecular flexibility index (Phi) is 26.2. The molecule has 4 aliphatic heterocycles. The smallest absolute Gasteiger partial charge is 0.410 e. The first-order chi connectivity index (χ1) is 39.8. The Labute approximate surface area is 492 Å². The number of hydrogen-bond acceptors (Lipinski definition) is 15. The van der Waals surface area contributed by atoms with Gasteiger partial charge in [-0.05, 0) is 101 Å². The van der Waals surface area contributed by atoms with Crippen LogP contribution in [0.1, 0.15) is 138 Å². The molecule has 7 N–H and O–H groups in total. The molecular formula is C61H88N8O15. The molecule has 11 atom stereocenters. The molecule has 0 radical (unpaired) electrons. The standard InChI is InChI=1S/C61H88N8O15/c1-9-15-39(3)55-48(82-55)34-38(2)16-13-17-40(4)54-41(5)18-14-27-61(8,28-26-46(70)35-53(75)83-54)84-60(80)68-32-30-67(31-33-68)59(79)81-37-44-20-22-45(23-21-44)65-58(78)47(36-49(62)71)66-57(77)43(7)64-56(76)42(6)63-50(72)19-11-10-12-29-69-51(73)24-25-52(69)74/h13-14,16-18,20-25,38-39,41-43,46-48,54-55,70H,9-12,15,19,26-37H2,1-8H3,(H2,62,71)(H,63,72)(H,64,76)(H,65,78)(H,66,77)/b16-13+,18-14+,40-17+/t38-,39-,41+,42+,43+,46-,47+,48-,54-,55-,61+/m1/s1. The van der Waals surface area contributed by atoms with Gasteiger partial charge in [0.05, 0.1) is 31.2 Å². The third-order valence-corrected chi connectivity index (χ3v) is 15.4. The van der Waals surface area contributed by atoms with Gasteiger partial charge in [-0.15, -0.1) is 0 Å². The topological polar surface area (TPSA) is 315 Å². The molecule has 84 heavy (non-hydrogen) atoms. The third-order valence-electron chi connectivity index (χ3n) is 15.4. The number of amides is 9. The van der Waals surface area contributed by atoms with Crippen molar-refractivity contribution in [2.24, 2.45) is 23.5 Å². The number of esters is 1. The molecule has 2 saturated heterocycles. The van der Waals surface area contributed by atoms with Gasteiger partial charge in [-0.1, -0.05) is 83.0 Å². The van der Waals surface area contributed by atoms with Gasteiger partial charge in [0.1, 0.15) is 36.4 Å². The summed E-state index contributed by atoms with van der Waals surface area (Å²) in [5, 5.41) is 21.0. The largest absolute Gasteiger partial charge is 0.457 e. The molecule has 4 heterocycles. The molecule has 23 heteroatoms. The van der Waals surface area contributed by atoms with E-state index >= 15 is 0 Å². The summed E-state index contributed by atoms with van der Waals surface area (Å²) in [7, 11) is 0.